The fourth-order valence-electron chi connectivity index (χ4n) is 2.81. The predicted molar refractivity (Wildman–Crippen MR) is 133 cm³/mol. The number of sulfone groups is 1. The highest BCUT2D eigenvalue weighted by atomic mass is 32.2. The number of anilines is 1. The number of benzene rings is 2. The molecule has 36 heavy (non-hydrogen) atoms. The summed E-state index contributed by atoms with van der Waals surface area (Å²) in [6.45, 7) is 5.35. The average Bonchev–Trinajstić information content (AvgIpc) is 3.32. The molecule has 1 aromatic heterocycles. The molecule has 0 atom stereocenters. The van der Waals surface area contributed by atoms with Gasteiger partial charge in [0.2, 0.25) is 15.0 Å². The highest BCUT2D eigenvalue weighted by molar-refractivity contribution is 7.91. The van der Waals surface area contributed by atoms with Crippen LogP contribution in [0.25, 0.3) is 6.08 Å². The van der Waals surface area contributed by atoms with E-state index < -0.39 is 21.0 Å². The van der Waals surface area contributed by atoms with Crippen LogP contribution in [0.15, 0.2) is 53.2 Å². The highest BCUT2D eigenvalue weighted by Gasteiger charge is 2.25. The molecule has 1 N–H and O–H groups in total. The van der Waals surface area contributed by atoms with Gasteiger partial charge in [-0.3, -0.25) is 10.1 Å². The van der Waals surface area contributed by atoms with Gasteiger partial charge in [-0.25, -0.2) is 12.8 Å². The number of hydrogen-bond acceptors (Lipinski definition) is 9. The molecule has 0 unspecified atom stereocenters. The van der Waals surface area contributed by atoms with Crippen molar-refractivity contribution in [3.63, 3.8) is 0 Å². The van der Waals surface area contributed by atoms with E-state index in [0.29, 0.717) is 35.2 Å². The zero-order valence-corrected chi connectivity index (χ0v) is 21.3. The minimum Gasteiger partial charge on any atom is -0.490 e. The number of hydrogen-bond donors (Lipinski definition) is 1. The minimum absolute atomic E-state index is 0.0417. The number of nitrogens with one attached hydrogen (secondary N) is 1. The Bertz CT molecular complexity index is 1410. The molecule has 0 saturated carbocycles. The number of carbonyl (C=O) groups excluding carboxylic acids is 1. The summed E-state index contributed by atoms with van der Waals surface area (Å²) < 4.78 is 52.7. The van der Waals surface area contributed by atoms with Crippen LogP contribution in [0.5, 0.6) is 11.5 Å². The molecular weight excluding hydrogens is 507 g/mol. The lowest BCUT2D eigenvalue weighted by Crippen LogP contribution is -2.16. The van der Waals surface area contributed by atoms with Crippen LogP contribution in [-0.4, -0.2) is 35.5 Å². The van der Waals surface area contributed by atoms with E-state index in [9.17, 15) is 22.9 Å². The van der Waals surface area contributed by atoms with E-state index in [2.05, 4.69) is 14.7 Å². The lowest BCUT2D eigenvalue weighted by atomic mass is 10.1. The molecule has 0 fully saturated rings. The van der Waals surface area contributed by atoms with Gasteiger partial charge in [0, 0.05) is 11.5 Å². The maximum absolute atomic E-state index is 13.1. The number of halogens is 1. The first kappa shape index (κ1) is 26.8. The topological polar surface area (TPSA) is 131 Å². The fourth-order valence-corrected chi connectivity index (χ4v) is 4.51. The highest BCUT2D eigenvalue weighted by Crippen LogP contribution is 2.30. The smallest absolute Gasteiger partial charge is 0.268 e. The standard InChI is InChI=1S/C24H23FN4O5S2/c1-4-33-21-12-17(7-10-20(21)34-14-16-5-8-19(25)9-6-16)11-18(13-26)22(30)27-23-28-24(29-35-23)36(31,32)15(2)3/h5-12,15H,4,14H2,1-3H3,(H,27,28,29,30)/b18-11-. The molecule has 0 aliphatic carbocycles. The summed E-state index contributed by atoms with van der Waals surface area (Å²) in [6.07, 6.45) is 1.36. The largest absolute Gasteiger partial charge is 0.490 e. The first-order valence-electron chi connectivity index (χ1n) is 10.8. The second-order valence-electron chi connectivity index (χ2n) is 7.65. The van der Waals surface area contributed by atoms with Gasteiger partial charge in [-0.2, -0.15) is 14.6 Å². The van der Waals surface area contributed by atoms with Crippen molar-refractivity contribution >= 4 is 38.5 Å². The number of ether oxygens (including phenoxy) is 2. The number of amides is 1. The van der Waals surface area contributed by atoms with Crippen molar-refractivity contribution in [2.45, 2.75) is 37.8 Å². The van der Waals surface area contributed by atoms with Crippen LogP contribution in [0.2, 0.25) is 0 Å². The van der Waals surface area contributed by atoms with Gasteiger partial charge in [-0.1, -0.05) is 18.2 Å². The normalized spacial score (nSPS) is 11.7. The Balaban J connectivity index is 1.77. The van der Waals surface area contributed by atoms with Crippen LogP contribution in [0, 0.1) is 17.1 Å². The van der Waals surface area contributed by atoms with Gasteiger partial charge in [0.15, 0.2) is 11.5 Å². The molecular formula is C24H23FN4O5S2. The van der Waals surface area contributed by atoms with Crippen LogP contribution >= 0.6 is 11.5 Å². The Morgan fingerprint density at radius 1 is 1.19 bits per heavy atom. The van der Waals surface area contributed by atoms with Gasteiger partial charge in [0.25, 0.3) is 11.1 Å². The molecule has 3 aromatic rings. The average molecular weight is 531 g/mol. The molecule has 2 aromatic carbocycles. The van der Waals surface area contributed by atoms with E-state index in [1.165, 1.54) is 32.1 Å². The van der Waals surface area contributed by atoms with Crippen LogP contribution < -0.4 is 14.8 Å². The first-order valence-corrected chi connectivity index (χ1v) is 13.1. The van der Waals surface area contributed by atoms with Gasteiger partial charge < -0.3 is 9.47 Å². The molecule has 1 amide bonds. The number of aromatic nitrogens is 2. The van der Waals surface area contributed by atoms with Crippen molar-refractivity contribution in [2.75, 3.05) is 11.9 Å². The number of nitrogens with zero attached hydrogens (tertiary/aromatic N) is 3. The van der Waals surface area contributed by atoms with E-state index in [-0.39, 0.29) is 28.3 Å². The zero-order chi connectivity index (χ0) is 26.3. The molecule has 0 saturated heterocycles. The van der Waals surface area contributed by atoms with E-state index in [4.69, 9.17) is 9.47 Å². The molecule has 188 valence electrons. The van der Waals surface area contributed by atoms with Crippen molar-refractivity contribution in [1.29, 1.82) is 5.26 Å². The summed E-state index contributed by atoms with van der Waals surface area (Å²) in [4.78, 5) is 16.5. The monoisotopic (exact) mass is 530 g/mol. The maximum Gasteiger partial charge on any atom is 0.268 e. The first-order chi connectivity index (χ1) is 17.1. The van der Waals surface area contributed by atoms with E-state index >= 15 is 0 Å². The van der Waals surface area contributed by atoms with Crippen LogP contribution in [0.4, 0.5) is 9.52 Å². The molecule has 3 rings (SSSR count). The van der Waals surface area contributed by atoms with Crippen LogP contribution in [0.3, 0.4) is 0 Å². The van der Waals surface area contributed by atoms with Crippen molar-refractivity contribution in [2.24, 2.45) is 0 Å². The van der Waals surface area contributed by atoms with Crippen molar-refractivity contribution in [3.05, 3.63) is 65.0 Å². The fraction of sp³-hybridized carbons (Fsp3) is 0.250. The molecule has 0 aliphatic rings. The third-order valence-corrected chi connectivity index (χ3v) is 7.43. The lowest BCUT2D eigenvalue weighted by Gasteiger charge is -2.13. The summed E-state index contributed by atoms with van der Waals surface area (Å²) >= 11 is 0.706. The van der Waals surface area contributed by atoms with Gasteiger partial charge in [-0.15, -0.1) is 0 Å². The summed E-state index contributed by atoms with van der Waals surface area (Å²) in [7, 11) is -3.69. The molecule has 0 radical (unpaired) electrons. The number of rotatable bonds is 10. The van der Waals surface area contributed by atoms with Crippen molar-refractivity contribution < 1.29 is 27.1 Å². The number of nitriles is 1. The van der Waals surface area contributed by atoms with Gasteiger partial charge in [0.1, 0.15) is 24.1 Å². The Hall–Kier alpha value is -3.82. The Kier molecular flexibility index (Phi) is 8.73. The number of carbonyl (C=O) groups is 1. The van der Waals surface area contributed by atoms with Crippen molar-refractivity contribution in [3.8, 4) is 17.6 Å². The molecule has 0 spiro atoms. The molecule has 0 bridgehead atoms. The van der Waals surface area contributed by atoms with Crippen molar-refractivity contribution in [1.82, 2.24) is 9.36 Å². The third-order valence-electron chi connectivity index (χ3n) is 4.75. The summed E-state index contributed by atoms with van der Waals surface area (Å²) in [5.74, 6) is -0.265. The summed E-state index contributed by atoms with van der Waals surface area (Å²) in [6, 6.07) is 12.6. The second-order valence-corrected chi connectivity index (χ2v) is 10.8. The van der Waals surface area contributed by atoms with Crippen LogP contribution in [0.1, 0.15) is 31.9 Å². The Labute approximate surface area is 212 Å². The Morgan fingerprint density at radius 3 is 2.56 bits per heavy atom. The molecule has 0 aliphatic heterocycles. The van der Waals surface area contributed by atoms with Gasteiger partial charge in [0.05, 0.1) is 11.9 Å². The minimum atomic E-state index is -3.69. The van der Waals surface area contributed by atoms with Gasteiger partial charge in [-0.05, 0) is 62.2 Å². The van der Waals surface area contributed by atoms with E-state index in [1.807, 2.05) is 6.07 Å². The zero-order valence-electron chi connectivity index (χ0n) is 19.7. The van der Waals surface area contributed by atoms with Gasteiger partial charge >= 0.3 is 0 Å². The molecule has 12 heteroatoms. The van der Waals surface area contributed by atoms with Crippen LogP contribution in [-0.2, 0) is 21.2 Å². The quantitative estimate of drug-likeness (QED) is 0.302. The summed E-state index contributed by atoms with van der Waals surface area (Å²) in [5.41, 5.74) is 1.04. The SMILES string of the molecule is CCOc1cc(/C=C(/C#N)C(=O)Nc2nc(S(=O)(=O)C(C)C)ns2)ccc1OCc1ccc(F)cc1. The van der Waals surface area contributed by atoms with E-state index in [0.717, 1.165) is 5.56 Å². The lowest BCUT2D eigenvalue weighted by molar-refractivity contribution is -0.112. The maximum atomic E-state index is 13.1. The second kappa shape index (κ2) is 11.7. The molecule has 9 nitrogen and oxygen atoms in total. The predicted octanol–water partition coefficient (Wildman–Crippen LogP) is 4.38. The third kappa shape index (κ3) is 6.65. The Morgan fingerprint density at radius 2 is 1.92 bits per heavy atom. The van der Waals surface area contributed by atoms with E-state index in [1.54, 1.807) is 37.3 Å². The summed E-state index contributed by atoms with van der Waals surface area (Å²) in [5, 5.41) is 10.8. The molecule has 1 heterocycles.